The molecule has 2 aromatic carbocycles. The van der Waals surface area contributed by atoms with Crippen LogP contribution in [0.3, 0.4) is 0 Å². The molecular formula is C24H28ClN5O3S. The zero-order valence-corrected chi connectivity index (χ0v) is 21.2. The second-order valence-electron chi connectivity index (χ2n) is 8.55. The van der Waals surface area contributed by atoms with Crippen LogP contribution in [-0.4, -0.2) is 54.6 Å². The van der Waals surface area contributed by atoms with Crippen molar-refractivity contribution in [3.05, 3.63) is 69.9 Å². The maximum Gasteiger partial charge on any atom is 0.263 e. The number of hydrogen-bond donors (Lipinski definition) is 1. The number of halogens is 1. The van der Waals surface area contributed by atoms with E-state index in [1.807, 2.05) is 13.0 Å². The number of nitrogens with zero attached hydrogens (tertiary/aromatic N) is 4. The van der Waals surface area contributed by atoms with Crippen LogP contribution < -0.4 is 10.2 Å². The molecule has 0 atom stereocenters. The van der Waals surface area contributed by atoms with Crippen molar-refractivity contribution in [2.24, 2.45) is 7.05 Å². The van der Waals surface area contributed by atoms with Gasteiger partial charge in [0, 0.05) is 55.8 Å². The fourth-order valence-corrected chi connectivity index (χ4v) is 5.78. The van der Waals surface area contributed by atoms with Gasteiger partial charge in [0.15, 0.2) is 0 Å². The molecule has 0 radical (unpaired) electrons. The summed E-state index contributed by atoms with van der Waals surface area (Å²) in [6.45, 7) is 7.73. The Labute approximate surface area is 205 Å². The van der Waals surface area contributed by atoms with Gasteiger partial charge in [-0.3, -0.25) is 9.48 Å². The van der Waals surface area contributed by atoms with Crippen molar-refractivity contribution in [1.82, 2.24) is 14.1 Å². The first kappa shape index (κ1) is 24.3. The minimum atomic E-state index is -3.96. The average molecular weight is 502 g/mol. The molecule has 1 amide bonds. The van der Waals surface area contributed by atoms with Crippen LogP contribution in [-0.2, 0) is 17.1 Å². The molecule has 1 N–H and O–H groups in total. The van der Waals surface area contributed by atoms with Gasteiger partial charge in [-0.05, 0) is 55.7 Å². The van der Waals surface area contributed by atoms with Gasteiger partial charge in [0.2, 0.25) is 5.03 Å². The largest absolute Gasteiger partial charge is 0.369 e. The third-order valence-electron chi connectivity index (χ3n) is 6.21. The summed E-state index contributed by atoms with van der Waals surface area (Å²) in [5, 5.41) is 7.14. The van der Waals surface area contributed by atoms with Crippen LogP contribution in [0, 0.1) is 20.8 Å². The number of piperazine rings is 1. The smallest absolute Gasteiger partial charge is 0.263 e. The Balaban J connectivity index is 1.53. The highest BCUT2D eigenvalue weighted by Crippen LogP contribution is 2.27. The number of carbonyl (C=O) groups excluding carboxylic acids is 1. The van der Waals surface area contributed by atoms with Crippen molar-refractivity contribution in [1.29, 1.82) is 0 Å². The van der Waals surface area contributed by atoms with Crippen LogP contribution in [0.4, 0.5) is 11.4 Å². The Morgan fingerprint density at radius 1 is 1.03 bits per heavy atom. The molecule has 0 saturated carbocycles. The number of amides is 1. The van der Waals surface area contributed by atoms with Crippen LogP contribution in [0.15, 0.2) is 47.6 Å². The minimum absolute atomic E-state index is 0.00356. The summed E-state index contributed by atoms with van der Waals surface area (Å²) in [5.41, 5.74) is 4.87. The van der Waals surface area contributed by atoms with Crippen molar-refractivity contribution >= 4 is 38.9 Å². The number of sulfonamides is 1. The molecule has 1 aliphatic rings. The second kappa shape index (κ2) is 9.40. The van der Waals surface area contributed by atoms with E-state index in [0.717, 1.165) is 11.3 Å². The van der Waals surface area contributed by atoms with Gasteiger partial charge in [-0.15, -0.1) is 0 Å². The fraction of sp³-hybridized carbons (Fsp3) is 0.333. The number of carbonyl (C=O) groups is 1. The van der Waals surface area contributed by atoms with Crippen molar-refractivity contribution in [3.8, 4) is 0 Å². The average Bonchev–Trinajstić information content (AvgIpc) is 3.21. The van der Waals surface area contributed by atoms with Gasteiger partial charge >= 0.3 is 0 Å². The molecule has 0 spiro atoms. The third-order valence-corrected chi connectivity index (χ3v) is 8.45. The molecule has 1 aromatic heterocycles. The molecule has 1 aliphatic heterocycles. The Bertz CT molecular complexity index is 1340. The summed E-state index contributed by atoms with van der Waals surface area (Å²) in [7, 11) is -2.37. The van der Waals surface area contributed by atoms with Crippen LogP contribution in [0.5, 0.6) is 0 Å². The van der Waals surface area contributed by atoms with Crippen molar-refractivity contribution in [2.75, 3.05) is 36.4 Å². The number of nitrogens with one attached hydrogen (secondary N) is 1. The Hall–Kier alpha value is -2.88. The Morgan fingerprint density at radius 3 is 2.41 bits per heavy atom. The van der Waals surface area contributed by atoms with E-state index in [2.05, 4.69) is 41.3 Å². The van der Waals surface area contributed by atoms with Gasteiger partial charge in [-0.1, -0.05) is 29.8 Å². The van der Waals surface area contributed by atoms with E-state index < -0.39 is 15.9 Å². The summed E-state index contributed by atoms with van der Waals surface area (Å²) in [6, 6.07) is 11.3. The van der Waals surface area contributed by atoms with Crippen LogP contribution in [0.25, 0.3) is 0 Å². The molecule has 180 valence electrons. The topological polar surface area (TPSA) is 87.5 Å². The summed E-state index contributed by atoms with van der Waals surface area (Å²) >= 11 is 6.15. The molecule has 4 rings (SSSR count). The van der Waals surface area contributed by atoms with E-state index >= 15 is 0 Å². The van der Waals surface area contributed by atoms with Gasteiger partial charge in [-0.25, -0.2) is 8.42 Å². The first-order valence-electron chi connectivity index (χ1n) is 11.0. The third kappa shape index (κ3) is 4.68. The highest BCUT2D eigenvalue weighted by molar-refractivity contribution is 7.89. The molecule has 0 bridgehead atoms. The van der Waals surface area contributed by atoms with Crippen molar-refractivity contribution in [3.63, 3.8) is 0 Å². The highest BCUT2D eigenvalue weighted by Gasteiger charge is 2.34. The Morgan fingerprint density at radius 2 is 1.74 bits per heavy atom. The van der Waals surface area contributed by atoms with Gasteiger partial charge in [0.1, 0.15) is 0 Å². The van der Waals surface area contributed by atoms with Crippen LogP contribution in [0.1, 0.15) is 27.0 Å². The number of aryl methyl sites for hydroxylation is 3. The molecule has 1 fully saturated rings. The lowest BCUT2D eigenvalue weighted by molar-refractivity contribution is 0.102. The zero-order valence-electron chi connectivity index (χ0n) is 19.7. The van der Waals surface area contributed by atoms with E-state index in [1.165, 1.54) is 26.3 Å². The molecule has 8 nitrogen and oxygen atoms in total. The number of hydrogen-bond acceptors (Lipinski definition) is 5. The number of aromatic nitrogens is 2. The molecule has 0 aliphatic carbocycles. The maximum atomic E-state index is 13.5. The SMILES string of the molecule is Cc1ccc(NC(=O)c2cn(C)nc2S(=O)(=O)N2CCN(c3cccc(C)c3C)CC2)cc1Cl. The van der Waals surface area contributed by atoms with E-state index in [9.17, 15) is 13.2 Å². The predicted molar refractivity (Wildman–Crippen MR) is 134 cm³/mol. The Kier molecular flexibility index (Phi) is 6.71. The minimum Gasteiger partial charge on any atom is -0.369 e. The van der Waals surface area contributed by atoms with E-state index in [1.54, 1.807) is 25.2 Å². The second-order valence-corrected chi connectivity index (χ2v) is 10.8. The quantitative estimate of drug-likeness (QED) is 0.575. The first-order valence-corrected chi connectivity index (χ1v) is 12.8. The lowest BCUT2D eigenvalue weighted by Crippen LogP contribution is -2.49. The standard InChI is InChI=1S/C24H28ClN5O3S/c1-16-6-5-7-22(18(16)3)29-10-12-30(13-11-29)34(32,33)24-20(15-28(4)27-24)23(31)26-19-9-8-17(2)21(25)14-19/h5-9,14-15H,10-13H2,1-4H3,(H,26,31). The highest BCUT2D eigenvalue weighted by atomic mass is 35.5. The van der Waals surface area contributed by atoms with Gasteiger partial charge < -0.3 is 10.2 Å². The summed E-state index contributed by atoms with van der Waals surface area (Å²) < 4.78 is 29.7. The van der Waals surface area contributed by atoms with E-state index in [0.29, 0.717) is 36.9 Å². The number of rotatable bonds is 5. The van der Waals surface area contributed by atoms with Crippen molar-refractivity contribution < 1.29 is 13.2 Å². The maximum absolute atomic E-state index is 13.5. The van der Waals surface area contributed by atoms with Crippen LogP contribution in [0.2, 0.25) is 5.02 Å². The van der Waals surface area contributed by atoms with E-state index in [4.69, 9.17) is 11.6 Å². The lowest BCUT2D eigenvalue weighted by atomic mass is 10.1. The lowest BCUT2D eigenvalue weighted by Gasteiger charge is -2.36. The summed E-state index contributed by atoms with van der Waals surface area (Å²) in [5.74, 6) is -0.555. The van der Waals surface area contributed by atoms with Crippen molar-refractivity contribution in [2.45, 2.75) is 25.8 Å². The van der Waals surface area contributed by atoms with Gasteiger partial charge in [0.05, 0.1) is 5.56 Å². The predicted octanol–water partition coefficient (Wildman–Crippen LogP) is 3.76. The zero-order chi connectivity index (χ0) is 24.6. The molecular weight excluding hydrogens is 474 g/mol. The number of benzene rings is 2. The van der Waals surface area contributed by atoms with E-state index in [-0.39, 0.29) is 10.6 Å². The van der Waals surface area contributed by atoms with Gasteiger partial charge in [0.25, 0.3) is 15.9 Å². The molecule has 34 heavy (non-hydrogen) atoms. The monoisotopic (exact) mass is 501 g/mol. The number of anilines is 2. The normalized spacial score (nSPS) is 14.9. The molecule has 10 heteroatoms. The van der Waals surface area contributed by atoms with Gasteiger partial charge in [-0.2, -0.15) is 9.40 Å². The molecule has 1 saturated heterocycles. The van der Waals surface area contributed by atoms with Crippen LogP contribution >= 0.6 is 11.6 Å². The fourth-order valence-electron chi connectivity index (χ4n) is 4.05. The molecule has 0 unspecified atom stereocenters. The summed E-state index contributed by atoms with van der Waals surface area (Å²) in [4.78, 5) is 15.2. The molecule has 2 heterocycles. The first-order chi connectivity index (χ1) is 16.1. The molecule has 3 aromatic rings. The summed E-state index contributed by atoms with van der Waals surface area (Å²) in [6.07, 6.45) is 1.42.